The first kappa shape index (κ1) is 13.9. The highest BCUT2D eigenvalue weighted by Gasteiger charge is 2.27. The van der Waals surface area contributed by atoms with Crippen molar-refractivity contribution >= 4 is 18.4 Å². The number of hydrogen-bond donors (Lipinski definition) is 2. The number of benzene rings is 1. The van der Waals surface area contributed by atoms with E-state index in [0.717, 1.165) is 12.0 Å². The standard InChI is InChI=1S/C12H14FNO2.ClH/c13-10-3-1-2-8(6-10)9-4-5-14-11(7-9)12(15)16;/h1-3,6,9,11,14H,4-5,7H2,(H,15,16);1H. The molecule has 0 amide bonds. The number of hydrogen-bond acceptors (Lipinski definition) is 2. The van der Waals surface area contributed by atoms with E-state index < -0.39 is 12.0 Å². The molecule has 0 bridgehead atoms. The van der Waals surface area contributed by atoms with E-state index in [-0.39, 0.29) is 24.1 Å². The van der Waals surface area contributed by atoms with Gasteiger partial charge >= 0.3 is 5.97 Å². The second kappa shape index (κ2) is 5.98. The van der Waals surface area contributed by atoms with E-state index in [2.05, 4.69) is 5.32 Å². The van der Waals surface area contributed by atoms with Crippen LogP contribution in [0, 0.1) is 5.82 Å². The van der Waals surface area contributed by atoms with Gasteiger partial charge in [0.15, 0.2) is 0 Å². The average molecular weight is 260 g/mol. The molecule has 1 fully saturated rings. The third-order valence-corrected chi connectivity index (χ3v) is 3.02. The molecular weight excluding hydrogens is 245 g/mol. The predicted octanol–water partition coefficient (Wildman–Crippen LogP) is 2.17. The molecule has 2 unspecified atom stereocenters. The Labute approximate surface area is 105 Å². The van der Waals surface area contributed by atoms with Gasteiger partial charge in [0.2, 0.25) is 0 Å². The average Bonchev–Trinajstić information content (AvgIpc) is 2.29. The summed E-state index contributed by atoms with van der Waals surface area (Å²) in [4.78, 5) is 10.9. The minimum absolute atomic E-state index is 0. The fourth-order valence-corrected chi connectivity index (χ4v) is 2.17. The van der Waals surface area contributed by atoms with Gasteiger partial charge in [-0.1, -0.05) is 12.1 Å². The number of aliphatic carboxylic acids is 1. The molecule has 0 saturated carbocycles. The number of carboxylic acid groups (broad SMARTS) is 1. The zero-order chi connectivity index (χ0) is 11.5. The Hall–Kier alpha value is -1.13. The van der Waals surface area contributed by atoms with Gasteiger partial charge in [0, 0.05) is 0 Å². The lowest BCUT2D eigenvalue weighted by Crippen LogP contribution is -2.42. The highest BCUT2D eigenvalue weighted by atomic mass is 35.5. The maximum Gasteiger partial charge on any atom is 0.320 e. The van der Waals surface area contributed by atoms with Gasteiger partial charge < -0.3 is 10.4 Å². The van der Waals surface area contributed by atoms with Crippen molar-refractivity contribution in [1.82, 2.24) is 5.32 Å². The number of rotatable bonds is 2. The van der Waals surface area contributed by atoms with Crippen molar-refractivity contribution in [2.45, 2.75) is 24.8 Å². The predicted molar refractivity (Wildman–Crippen MR) is 65.0 cm³/mol. The van der Waals surface area contributed by atoms with Gasteiger partial charge in [0.25, 0.3) is 0 Å². The summed E-state index contributed by atoms with van der Waals surface area (Å²) in [6, 6.07) is 5.91. The fourth-order valence-electron chi connectivity index (χ4n) is 2.17. The SMILES string of the molecule is Cl.O=C(O)C1CC(c2cccc(F)c2)CCN1. The van der Waals surface area contributed by atoms with Crippen molar-refractivity contribution < 1.29 is 14.3 Å². The highest BCUT2D eigenvalue weighted by Crippen LogP contribution is 2.28. The maximum atomic E-state index is 13.0. The van der Waals surface area contributed by atoms with E-state index in [1.54, 1.807) is 6.07 Å². The van der Waals surface area contributed by atoms with E-state index in [1.165, 1.54) is 12.1 Å². The van der Waals surface area contributed by atoms with Gasteiger partial charge in [0.05, 0.1) is 0 Å². The van der Waals surface area contributed by atoms with Gasteiger partial charge in [-0.05, 0) is 43.0 Å². The second-order valence-electron chi connectivity index (χ2n) is 4.12. The molecule has 1 aromatic rings. The van der Waals surface area contributed by atoms with Gasteiger partial charge in [-0.3, -0.25) is 4.79 Å². The van der Waals surface area contributed by atoms with Crippen LogP contribution < -0.4 is 5.32 Å². The van der Waals surface area contributed by atoms with Gasteiger partial charge in [-0.2, -0.15) is 0 Å². The van der Waals surface area contributed by atoms with Crippen LogP contribution in [0.2, 0.25) is 0 Å². The topological polar surface area (TPSA) is 49.3 Å². The summed E-state index contributed by atoms with van der Waals surface area (Å²) >= 11 is 0. The molecule has 2 rings (SSSR count). The van der Waals surface area contributed by atoms with Crippen LogP contribution in [0.15, 0.2) is 24.3 Å². The molecule has 2 N–H and O–H groups in total. The number of piperidine rings is 1. The van der Waals surface area contributed by atoms with Gasteiger partial charge in [-0.25, -0.2) is 4.39 Å². The molecule has 0 spiro atoms. The first-order valence-electron chi connectivity index (χ1n) is 5.38. The zero-order valence-corrected chi connectivity index (χ0v) is 10.0. The summed E-state index contributed by atoms with van der Waals surface area (Å²) in [6.45, 7) is 0.665. The molecule has 0 aromatic heterocycles. The van der Waals surface area contributed by atoms with Crippen LogP contribution >= 0.6 is 12.4 Å². The lowest BCUT2D eigenvalue weighted by molar-refractivity contribution is -0.140. The van der Waals surface area contributed by atoms with Crippen LogP contribution in [0.4, 0.5) is 4.39 Å². The van der Waals surface area contributed by atoms with E-state index in [9.17, 15) is 9.18 Å². The Balaban J connectivity index is 0.00000144. The Morgan fingerprint density at radius 2 is 2.24 bits per heavy atom. The van der Waals surface area contributed by atoms with Crippen molar-refractivity contribution in [3.05, 3.63) is 35.6 Å². The Morgan fingerprint density at radius 1 is 1.47 bits per heavy atom. The molecule has 2 atom stereocenters. The van der Waals surface area contributed by atoms with Crippen LogP contribution in [0.5, 0.6) is 0 Å². The summed E-state index contributed by atoms with van der Waals surface area (Å²) in [5, 5.41) is 11.9. The Kier molecular flexibility index (Phi) is 4.90. The molecule has 17 heavy (non-hydrogen) atoms. The van der Waals surface area contributed by atoms with E-state index in [4.69, 9.17) is 5.11 Å². The molecule has 3 nitrogen and oxygen atoms in total. The summed E-state index contributed by atoms with van der Waals surface area (Å²) in [7, 11) is 0. The summed E-state index contributed by atoms with van der Waals surface area (Å²) in [5.41, 5.74) is 0.896. The summed E-state index contributed by atoms with van der Waals surface area (Å²) < 4.78 is 13.0. The van der Waals surface area contributed by atoms with Crippen LogP contribution in [0.25, 0.3) is 0 Å². The highest BCUT2D eigenvalue weighted by molar-refractivity contribution is 5.85. The molecule has 1 aliphatic rings. The van der Waals surface area contributed by atoms with E-state index in [1.807, 2.05) is 6.07 Å². The van der Waals surface area contributed by atoms with Crippen LogP contribution in [-0.4, -0.2) is 23.7 Å². The zero-order valence-electron chi connectivity index (χ0n) is 9.23. The van der Waals surface area contributed by atoms with Crippen molar-refractivity contribution in [1.29, 1.82) is 0 Å². The van der Waals surface area contributed by atoms with Crippen molar-refractivity contribution in [2.75, 3.05) is 6.54 Å². The molecule has 0 aliphatic carbocycles. The molecule has 1 aliphatic heterocycles. The normalized spacial score (nSPS) is 23.8. The van der Waals surface area contributed by atoms with Gasteiger partial charge in [0.1, 0.15) is 11.9 Å². The molecule has 1 aromatic carbocycles. The van der Waals surface area contributed by atoms with Crippen molar-refractivity contribution in [2.24, 2.45) is 0 Å². The Morgan fingerprint density at radius 3 is 2.88 bits per heavy atom. The largest absolute Gasteiger partial charge is 0.480 e. The minimum atomic E-state index is -0.832. The lowest BCUT2D eigenvalue weighted by atomic mass is 9.86. The number of halogens is 2. The first-order valence-corrected chi connectivity index (χ1v) is 5.38. The van der Waals surface area contributed by atoms with Crippen molar-refractivity contribution in [3.63, 3.8) is 0 Å². The lowest BCUT2D eigenvalue weighted by Gasteiger charge is -2.28. The van der Waals surface area contributed by atoms with Crippen LogP contribution in [0.3, 0.4) is 0 Å². The third-order valence-electron chi connectivity index (χ3n) is 3.02. The summed E-state index contributed by atoms with van der Waals surface area (Å²) in [5.74, 6) is -0.956. The molecule has 1 heterocycles. The summed E-state index contributed by atoms with van der Waals surface area (Å²) in [6.07, 6.45) is 1.38. The van der Waals surface area contributed by atoms with E-state index in [0.29, 0.717) is 13.0 Å². The molecule has 0 radical (unpaired) electrons. The van der Waals surface area contributed by atoms with Crippen LogP contribution in [0.1, 0.15) is 24.3 Å². The molecular formula is C12H15ClFNO2. The third kappa shape index (κ3) is 3.41. The van der Waals surface area contributed by atoms with E-state index >= 15 is 0 Å². The number of carbonyl (C=O) groups is 1. The fraction of sp³-hybridized carbons (Fsp3) is 0.417. The molecule has 5 heteroatoms. The van der Waals surface area contributed by atoms with Crippen molar-refractivity contribution in [3.8, 4) is 0 Å². The van der Waals surface area contributed by atoms with Crippen LogP contribution in [-0.2, 0) is 4.79 Å². The smallest absolute Gasteiger partial charge is 0.320 e. The van der Waals surface area contributed by atoms with Gasteiger partial charge in [-0.15, -0.1) is 12.4 Å². The molecule has 94 valence electrons. The maximum absolute atomic E-state index is 13.0. The minimum Gasteiger partial charge on any atom is -0.480 e. The number of nitrogens with one attached hydrogen (secondary N) is 1. The number of carboxylic acids is 1. The second-order valence-corrected chi connectivity index (χ2v) is 4.12. The monoisotopic (exact) mass is 259 g/mol. The molecule has 1 saturated heterocycles. The quantitative estimate of drug-likeness (QED) is 0.856. The first-order chi connectivity index (χ1) is 7.66. The Bertz CT molecular complexity index is 400.